The zero-order valence-electron chi connectivity index (χ0n) is 21.1. The van der Waals surface area contributed by atoms with Crippen LogP contribution in [0.4, 0.5) is 0 Å². The van der Waals surface area contributed by atoms with Crippen LogP contribution in [0.25, 0.3) is 33.5 Å². The fourth-order valence-corrected chi connectivity index (χ4v) is 3.69. The van der Waals surface area contributed by atoms with Crippen LogP contribution in [-0.4, -0.2) is 57.7 Å². The largest absolute Gasteiger partial charge is 0.332 e. The zero-order chi connectivity index (χ0) is 28.8. The predicted molar refractivity (Wildman–Crippen MR) is 138 cm³/mol. The number of imidazole rings is 3. The summed E-state index contributed by atoms with van der Waals surface area (Å²) in [5.74, 6) is 0. The maximum absolute atomic E-state index is 11.7. The molecule has 6 aromatic heterocycles. The van der Waals surface area contributed by atoms with Gasteiger partial charge in [-0.15, -0.1) is 0 Å². The summed E-state index contributed by atoms with van der Waals surface area (Å²) < 4.78 is 6.92. The van der Waals surface area contributed by atoms with Crippen LogP contribution in [0.3, 0.4) is 0 Å². The fourth-order valence-electron chi connectivity index (χ4n) is 3.69. The molecule has 0 bridgehead atoms. The normalized spacial score (nSPS) is 10.9. The number of hydrogen-bond acceptors (Lipinski definition) is 9. The van der Waals surface area contributed by atoms with Gasteiger partial charge < -0.3 is 9.13 Å². The van der Waals surface area contributed by atoms with E-state index >= 15 is 0 Å². The average molecular weight is 542 g/mol. The van der Waals surface area contributed by atoms with Crippen molar-refractivity contribution in [1.82, 2.24) is 57.7 Å². The number of rotatable bonds is 0. The lowest BCUT2D eigenvalue weighted by atomic mass is 10.5. The van der Waals surface area contributed by atoms with Crippen LogP contribution in [0.5, 0.6) is 0 Å². The summed E-state index contributed by atoms with van der Waals surface area (Å²) in [5.41, 5.74) is -1.52. The van der Waals surface area contributed by atoms with E-state index in [0.29, 0.717) is 22.3 Å². The topological polar surface area (TPSA) is 249 Å². The van der Waals surface area contributed by atoms with E-state index in [-0.39, 0.29) is 22.4 Å². The summed E-state index contributed by atoms with van der Waals surface area (Å²) >= 11 is 0. The van der Waals surface area contributed by atoms with Gasteiger partial charge in [0.1, 0.15) is 11.2 Å². The van der Waals surface area contributed by atoms with E-state index in [1.807, 2.05) is 4.98 Å². The molecular weight excluding hydrogens is 520 g/mol. The molecule has 0 saturated carbocycles. The number of nitrogens with zero attached hydrogens (tertiary/aromatic N) is 7. The van der Waals surface area contributed by atoms with Gasteiger partial charge in [-0.1, -0.05) is 0 Å². The van der Waals surface area contributed by atoms with Gasteiger partial charge in [0.2, 0.25) is 0 Å². The highest BCUT2D eigenvalue weighted by Gasteiger charge is 2.12. The SMILES string of the molecule is Cn1c(=O)c2c(ncn2C)n(C)c1=O.Cn1cnc2c1c(=O)[nH]c(=O)n2C.O=c1[nH]c(=O)c2[nH]c(=O)[nH]c2[nH]1. The number of aryl methyl sites for hydroxylation is 4. The molecule has 0 aliphatic heterocycles. The van der Waals surface area contributed by atoms with Crippen molar-refractivity contribution in [1.29, 1.82) is 0 Å². The van der Waals surface area contributed by atoms with Crippen molar-refractivity contribution in [3.63, 3.8) is 0 Å². The summed E-state index contributed by atoms with van der Waals surface area (Å²) in [6.45, 7) is 0. The second-order valence-electron chi connectivity index (χ2n) is 8.32. The molecule has 6 rings (SSSR count). The zero-order valence-corrected chi connectivity index (χ0v) is 21.1. The molecular formula is C20H22N12O7. The average Bonchev–Trinajstić information content (AvgIpc) is 3.57. The first-order valence-corrected chi connectivity index (χ1v) is 10.9. The molecule has 0 aliphatic rings. The lowest BCUT2D eigenvalue weighted by Crippen LogP contribution is -2.37. The van der Waals surface area contributed by atoms with E-state index in [1.54, 1.807) is 37.3 Å². The minimum absolute atomic E-state index is 0.0413. The Morgan fingerprint density at radius 3 is 1.74 bits per heavy atom. The Labute approximate surface area is 212 Å². The van der Waals surface area contributed by atoms with E-state index in [9.17, 15) is 33.6 Å². The van der Waals surface area contributed by atoms with Crippen LogP contribution in [0, 0.1) is 0 Å². The molecule has 204 valence electrons. The Balaban J connectivity index is 0.000000136. The molecule has 0 radical (unpaired) electrons. The molecule has 19 nitrogen and oxygen atoms in total. The first-order chi connectivity index (χ1) is 18.3. The summed E-state index contributed by atoms with van der Waals surface area (Å²) in [6, 6.07) is 0. The smallest absolute Gasteiger partial charge is 0.328 e. The van der Waals surface area contributed by atoms with Crippen molar-refractivity contribution in [3.05, 3.63) is 85.7 Å². The standard InChI is InChI=1S/C8H10N4O2.C7H8N4O2.C5H4N4O3/c1-10-4-9-6-5(10)7(13)12(3)8(14)11(6)2;1-10-3-8-5-4(10)6(12)9-7(13)11(5)2;10-3-1-2(7-4(11)6-1)8-5(12)9-3/h4H,1-3H3;3H,1-2H3,(H,9,12,13);(H4,6,7,8,9,10,11,12). The van der Waals surface area contributed by atoms with E-state index in [0.717, 1.165) is 4.57 Å². The lowest BCUT2D eigenvalue weighted by molar-refractivity contribution is 0.705. The molecule has 0 fully saturated rings. The predicted octanol–water partition coefficient (Wildman–Crippen LogP) is -3.84. The van der Waals surface area contributed by atoms with Crippen LogP contribution in [0.2, 0.25) is 0 Å². The van der Waals surface area contributed by atoms with E-state index in [4.69, 9.17) is 0 Å². The lowest BCUT2D eigenvalue weighted by Gasteiger charge is -2.02. The molecule has 0 unspecified atom stereocenters. The number of aromatic nitrogens is 12. The van der Waals surface area contributed by atoms with E-state index in [1.165, 1.54) is 28.8 Å². The van der Waals surface area contributed by atoms with Gasteiger partial charge in [0.25, 0.3) is 16.7 Å². The minimum Gasteiger partial charge on any atom is -0.328 e. The fraction of sp³-hybridized carbons (Fsp3) is 0.250. The van der Waals surface area contributed by atoms with Gasteiger partial charge in [-0.05, 0) is 0 Å². The van der Waals surface area contributed by atoms with Crippen LogP contribution in [0.15, 0.2) is 46.2 Å². The molecule has 19 heteroatoms. The molecule has 39 heavy (non-hydrogen) atoms. The molecule has 0 aromatic carbocycles. The number of fused-ring (bicyclic) bond motifs is 3. The third-order valence-corrected chi connectivity index (χ3v) is 5.71. The second-order valence-corrected chi connectivity index (χ2v) is 8.32. The van der Waals surface area contributed by atoms with Crippen molar-refractivity contribution >= 4 is 33.5 Å². The quantitative estimate of drug-likeness (QED) is 0.126. The Bertz CT molecular complexity index is 2290. The van der Waals surface area contributed by atoms with Gasteiger partial charge >= 0.3 is 22.8 Å². The number of aromatic amines is 5. The maximum atomic E-state index is 11.7. The van der Waals surface area contributed by atoms with Gasteiger partial charge in [0.05, 0.1) is 12.7 Å². The van der Waals surface area contributed by atoms with Crippen molar-refractivity contribution in [3.8, 4) is 0 Å². The Hall–Kier alpha value is -5.75. The highest BCUT2D eigenvalue weighted by atomic mass is 16.2. The van der Waals surface area contributed by atoms with Crippen molar-refractivity contribution < 1.29 is 0 Å². The van der Waals surface area contributed by atoms with E-state index in [2.05, 4.69) is 29.9 Å². The molecule has 0 saturated heterocycles. The first kappa shape index (κ1) is 26.3. The third-order valence-electron chi connectivity index (χ3n) is 5.71. The third kappa shape index (κ3) is 4.58. The summed E-state index contributed by atoms with van der Waals surface area (Å²) in [4.78, 5) is 96.7. The van der Waals surface area contributed by atoms with Gasteiger partial charge in [-0.25, -0.2) is 29.1 Å². The van der Waals surface area contributed by atoms with Crippen LogP contribution >= 0.6 is 0 Å². The van der Waals surface area contributed by atoms with Crippen molar-refractivity contribution in [2.75, 3.05) is 0 Å². The number of H-pyrrole nitrogens is 5. The number of nitrogens with one attached hydrogen (secondary N) is 5. The van der Waals surface area contributed by atoms with Crippen LogP contribution in [-0.2, 0) is 35.2 Å². The summed E-state index contributed by atoms with van der Waals surface area (Å²) in [6.07, 6.45) is 3.02. The van der Waals surface area contributed by atoms with Gasteiger partial charge in [0.15, 0.2) is 22.3 Å². The molecule has 5 N–H and O–H groups in total. The molecule has 0 atom stereocenters. The molecule has 6 aromatic rings. The van der Waals surface area contributed by atoms with Crippen molar-refractivity contribution in [2.24, 2.45) is 35.2 Å². The monoisotopic (exact) mass is 542 g/mol. The summed E-state index contributed by atoms with van der Waals surface area (Å²) in [7, 11) is 8.04. The van der Waals surface area contributed by atoms with Crippen LogP contribution in [0.1, 0.15) is 0 Å². The van der Waals surface area contributed by atoms with Gasteiger partial charge in [-0.2, -0.15) is 0 Å². The summed E-state index contributed by atoms with van der Waals surface area (Å²) in [5, 5.41) is 0. The van der Waals surface area contributed by atoms with Crippen molar-refractivity contribution in [2.45, 2.75) is 0 Å². The highest BCUT2D eigenvalue weighted by Crippen LogP contribution is 2.02. The van der Waals surface area contributed by atoms with Gasteiger partial charge in [-0.3, -0.25) is 53.0 Å². The maximum Gasteiger partial charge on any atom is 0.332 e. The number of hydrogen-bond donors (Lipinski definition) is 5. The Kier molecular flexibility index (Phi) is 6.48. The minimum atomic E-state index is -0.650. The Morgan fingerprint density at radius 1 is 0.590 bits per heavy atom. The van der Waals surface area contributed by atoms with Crippen LogP contribution < -0.4 is 39.4 Å². The molecule has 0 amide bonds. The van der Waals surface area contributed by atoms with Gasteiger partial charge in [0, 0.05) is 35.2 Å². The molecule has 6 heterocycles. The van der Waals surface area contributed by atoms with E-state index < -0.39 is 28.2 Å². The first-order valence-electron chi connectivity index (χ1n) is 10.9. The second kappa shape index (κ2) is 9.61. The highest BCUT2D eigenvalue weighted by molar-refractivity contribution is 5.70. The molecule has 0 spiro atoms. The Morgan fingerprint density at radius 2 is 1.13 bits per heavy atom. The molecule has 0 aliphatic carbocycles.